The number of aliphatic imine (C=N–C) groups is 1. The Balaban J connectivity index is 5.36. The fraction of sp³-hybridized carbons (Fsp3) is 0.923. The van der Waals surface area contributed by atoms with Crippen molar-refractivity contribution in [1.29, 1.82) is 0 Å². The molecule has 0 amide bonds. The second-order valence-corrected chi connectivity index (χ2v) is 8.14. The van der Waals surface area contributed by atoms with Crippen molar-refractivity contribution < 1.29 is 18.1 Å². The van der Waals surface area contributed by atoms with Crippen LogP contribution in [0.2, 0.25) is 0 Å². The summed E-state index contributed by atoms with van der Waals surface area (Å²) in [4.78, 5) is 14.6. The Hall–Kier alpha value is -0.523. The second kappa shape index (κ2) is 8.61. The van der Waals surface area contributed by atoms with E-state index in [1.54, 1.807) is 6.08 Å². The van der Waals surface area contributed by atoms with E-state index < -0.39 is 14.5 Å². The highest BCUT2D eigenvalue weighted by molar-refractivity contribution is 6.62. The van der Waals surface area contributed by atoms with Crippen LogP contribution in [0.1, 0.15) is 48.0 Å². The fourth-order valence-electron chi connectivity index (χ4n) is 1.91. The SMILES string of the molecule is CCO[Si](OCC)(OCC)C(CC(C)(C)C)N=C=O. The molecular weight excluding hydrogens is 262 g/mol. The molecule has 1 atom stereocenters. The third-order valence-corrected chi connectivity index (χ3v) is 5.68. The Morgan fingerprint density at radius 2 is 1.47 bits per heavy atom. The highest BCUT2D eigenvalue weighted by atomic mass is 28.4. The van der Waals surface area contributed by atoms with E-state index in [0.29, 0.717) is 26.2 Å². The molecule has 6 heteroatoms. The normalized spacial score (nSPS) is 14.0. The predicted molar refractivity (Wildman–Crippen MR) is 76.6 cm³/mol. The number of nitrogens with zero attached hydrogens (tertiary/aromatic N) is 1. The molecule has 0 bridgehead atoms. The predicted octanol–water partition coefficient (Wildman–Crippen LogP) is 2.71. The van der Waals surface area contributed by atoms with Crippen LogP contribution in [-0.4, -0.2) is 40.4 Å². The summed E-state index contributed by atoms with van der Waals surface area (Å²) in [7, 11) is -2.98. The molecule has 0 aliphatic heterocycles. The number of hydrogen-bond donors (Lipinski definition) is 0. The van der Waals surface area contributed by atoms with Gasteiger partial charge in [-0.2, -0.15) is 4.99 Å². The lowest BCUT2D eigenvalue weighted by molar-refractivity contribution is 0.0577. The monoisotopic (exact) mass is 289 g/mol. The summed E-state index contributed by atoms with van der Waals surface area (Å²) in [5.41, 5.74) is -0.404. The van der Waals surface area contributed by atoms with Gasteiger partial charge in [0.1, 0.15) is 5.67 Å². The smallest absolute Gasteiger partial charge is 0.372 e. The molecule has 0 aliphatic rings. The highest BCUT2D eigenvalue weighted by Gasteiger charge is 2.51. The van der Waals surface area contributed by atoms with Gasteiger partial charge in [0.2, 0.25) is 6.08 Å². The molecule has 0 rings (SSSR count). The largest absolute Gasteiger partial charge is 0.527 e. The van der Waals surface area contributed by atoms with Crippen LogP contribution in [0.25, 0.3) is 0 Å². The molecule has 5 nitrogen and oxygen atoms in total. The minimum Gasteiger partial charge on any atom is -0.372 e. The van der Waals surface area contributed by atoms with E-state index in [2.05, 4.69) is 25.8 Å². The van der Waals surface area contributed by atoms with Crippen LogP contribution in [0.5, 0.6) is 0 Å². The Morgan fingerprint density at radius 3 is 1.74 bits per heavy atom. The first-order valence-electron chi connectivity index (χ1n) is 6.84. The van der Waals surface area contributed by atoms with Crippen molar-refractivity contribution in [3.63, 3.8) is 0 Å². The molecule has 0 fully saturated rings. The van der Waals surface area contributed by atoms with Crippen molar-refractivity contribution in [3.8, 4) is 0 Å². The summed E-state index contributed by atoms with van der Waals surface area (Å²) >= 11 is 0. The standard InChI is InChI=1S/C13H27NO4Si/c1-7-16-19(17-8-2,18-9-3)12(14-11-15)10-13(4,5)6/h12H,7-10H2,1-6H3. The average Bonchev–Trinajstić information content (AvgIpc) is 2.27. The quantitative estimate of drug-likeness (QED) is 0.372. The van der Waals surface area contributed by atoms with Crippen molar-refractivity contribution in [2.75, 3.05) is 19.8 Å². The van der Waals surface area contributed by atoms with Gasteiger partial charge >= 0.3 is 8.80 Å². The van der Waals surface area contributed by atoms with Crippen molar-refractivity contribution in [2.24, 2.45) is 10.4 Å². The average molecular weight is 289 g/mol. The van der Waals surface area contributed by atoms with E-state index in [-0.39, 0.29) is 5.41 Å². The Bertz CT molecular complexity index is 280. The number of rotatable bonds is 9. The summed E-state index contributed by atoms with van der Waals surface area (Å²) in [6.45, 7) is 13.3. The maximum Gasteiger partial charge on any atom is 0.527 e. The molecule has 0 aromatic rings. The van der Waals surface area contributed by atoms with Gasteiger partial charge in [-0.1, -0.05) is 20.8 Å². The van der Waals surface area contributed by atoms with E-state index >= 15 is 0 Å². The first-order valence-corrected chi connectivity index (χ1v) is 8.64. The first kappa shape index (κ1) is 18.5. The van der Waals surface area contributed by atoms with Crippen LogP contribution in [0.3, 0.4) is 0 Å². The molecule has 1 unspecified atom stereocenters. The van der Waals surface area contributed by atoms with Crippen LogP contribution < -0.4 is 0 Å². The summed E-state index contributed by atoms with van der Waals surface area (Å²) in [5, 5.41) is 0. The molecule has 0 spiro atoms. The third kappa shape index (κ3) is 6.45. The maximum absolute atomic E-state index is 10.7. The van der Waals surface area contributed by atoms with Crippen molar-refractivity contribution in [3.05, 3.63) is 0 Å². The molecule has 0 N–H and O–H groups in total. The van der Waals surface area contributed by atoms with Gasteiger partial charge in [-0.25, -0.2) is 4.79 Å². The van der Waals surface area contributed by atoms with E-state index in [1.165, 1.54) is 0 Å². The highest BCUT2D eigenvalue weighted by Crippen LogP contribution is 2.29. The van der Waals surface area contributed by atoms with E-state index in [4.69, 9.17) is 13.3 Å². The lowest BCUT2D eigenvalue weighted by Crippen LogP contribution is -2.56. The van der Waals surface area contributed by atoms with Crippen molar-refractivity contribution in [2.45, 2.75) is 53.6 Å². The first-order chi connectivity index (χ1) is 8.85. The summed E-state index contributed by atoms with van der Waals surface area (Å²) in [6.07, 6.45) is 2.30. The molecule has 0 aromatic heterocycles. The minimum atomic E-state index is -2.98. The topological polar surface area (TPSA) is 57.1 Å². The molecular formula is C13H27NO4Si. The molecule has 0 saturated heterocycles. The van der Waals surface area contributed by atoms with Crippen molar-refractivity contribution >= 4 is 14.9 Å². The van der Waals surface area contributed by atoms with Gasteiger partial charge in [0.15, 0.2) is 0 Å². The molecule has 112 valence electrons. The third-order valence-electron chi connectivity index (χ3n) is 2.46. The zero-order valence-corrected chi connectivity index (χ0v) is 14.0. The minimum absolute atomic E-state index is 0.00539. The van der Waals surface area contributed by atoms with Crippen LogP contribution in [-0.2, 0) is 18.1 Å². The zero-order valence-electron chi connectivity index (χ0n) is 13.0. The fourth-order valence-corrected chi connectivity index (χ4v) is 5.02. The lowest BCUT2D eigenvalue weighted by Gasteiger charge is -2.35. The van der Waals surface area contributed by atoms with Gasteiger partial charge in [-0.05, 0) is 32.6 Å². The van der Waals surface area contributed by atoms with Crippen LogP contribution >= 0.6 is 0 Å². The molecule has 0 heterocycles. The van der Waals surface area contributed by atoms with Gasteiger partial charge in [0, 0.05) is 19.8 Å². The Kier molecular flexibility index (Phi) is 8.37. The zero-order chi connectivity index (χ0) is 14.9. The van der Waals surface area contributed by atoms with Crippen molar-refractivity contribution in [1.82, 2.24) is 0 Å². The van der Waals surface area contributed by atoms with Crippen LogP contribution in [0.4, 0.5) is 0 Å². The van der Waals surface area contributed by atoms with Crippen LogP contribution in [0, 0.1) is 5.41 Å². The molecule has 0 aromatic carbocycles. The number of carbonyl (C=O) groups excluding carboxylic acids is 1. The van der Waals surface area contributed by atoms with Gasteiger partial charge in [-0.15, -0.1) is 0 Å². The summed E-state index contributed by atoms with van der Waals surface area (Å²) in [6, 6.07) is 0. The van der Waals surface area contributed by atoms with E-state index in [9.17, 15) is 4.79 Å². The van der Waals surface area contributed by atoms with E-state index in [0.717, 1.165) is 0 Å². The molecule has 0 radical (unpaired) electrons. The molecule has 0 aliphatic carbocycles. The maximum atomic E-state index is 10.7. The number of isocyanates is 1. The molecule has 19 heavy (non-hydrogen) atoms. The summed E-state index contributed by atoms with van der Waals surface area (Å²) < 4.78 is 17.4. The Labute approximate surface area is 117 Å². The second-order valence-electron chi connectivity index (χ2n) is 5.40. The lowest BCUT2D eigenvalue weighted by atomic mass is 9.92. The Morgan fingerprint density at radius 1 is 1.05 bits per heavy atom. The molecule has 0 saturated carbocycles. The van der Waals surface area contributed by atoms with Gasteiger partial charge in [0.25, 0.3) is 0 Å². The van der Waals surface area contributed by atoms with Gasteiger partial charge < -0.3 is 13.3 Å². The number of hydrogen-bond acceptors (Lipinski definition) is 5. The summed E-state index contributed by atoms with van der Waals surface area (Å²) in [5.74, 6) is 0. The van der Waals surface area contributed by atoms with E-state index in [1.807, 2.05) is 20.8 Å². The van der Waals surface area contributed by atoms with Gasteiger partial charge in [-0.3, -0.25) is 0 Å². The van der Waals surface area contributed by atoms with Crippen LogP contribution in [0.15, 0.2) is 4.99 Å². The van der Waals surface area contributed by atoms with Gasteiger partial charge in [0.05, 0.1) is 0 Å².